The Hall–Kier alpha value is -3.26. The van der Waals surface area contributed by atoms with Crippen LogP contribution in [0.1, 0.15) is 17.0 Å². The topological polar surface area (TPSA) is 61.7 Å². The van der Waals surface area contributed by atoms with Gasteiger partial charge in [0, 0.05) is 15.6 Å². The minimum absolute atomic E-state index is 0.341. The van der Waals surface area contributed by atoms with Gasteiger partial charge < -0.3 is 9.72 Å². The Morgan fingerprint density at radius 3 is 2.59 bits per heavy atom. The average molecular weight is 420 g/mol. The van der Waals surface area contributed by atoms with Crippen molar-refractivity contribution in [2.75, 3.05) is 0 Å². The highest BCUT2D eigenvalue weighted by Crippen LogP contribution is 2.24. The monoisotopic (exact) mass is 419 g/mol. The Balaban J connectivity index is 1.49. The van der Waals surface area contributed by atoms with Crippen molar-refractivity contribution in [1.29, 1.82) is 5.26 Å². The van der Waals surface area contributed by atoms with Crippen molar-refractivity contribution in [2.24, 2.45) is 0 Å². The number of hydrogen-bond acceptors (Lipinski definition) is 3. The summed E-state index contributed by atoms with van der Waals surface area (Å²) in [5.41, 5.74) is 3.92. The van der Waals surface area contributed by atoms with Gasteiger partial charge in [0.15, 0.2) is 0 Å². The highest BCUT2D eigenvalue weighted by Gasteiger charge is 2.08. The minimum atomic E-state index is 0.341. The van der Waals surface area contributed by atoms with E-state index in [9.17, 15) is 5.26 Å². The van der Waals surface area contributed by atoms with Crippen LogP contribution in [0.2, 0.25) is 10.0 Å². The molecule has 0 amide bonds. The van der Waals surface area contributed by atoms with Gasteiger partial charge in [-0.1, -0.05) is 53.5 Å². The molecule has 3 aromatic carbocycles. The molecule has 0 bridgehead atoms. The van der Waals surface area contributed by atoms with E-state index in [0.29, 0.717) is 33.8 Å². The average Bonchev–Trinajstić information content (AvgIpc) is 3.16. The molecule has 1 heterocycles. The molecule has 0 aliphatic rings. The van der Waals surface area contributed by atoms with Crippen LogP contribution in [-0.4, -0.2) is 9.97 Å². The summed E-state index contributed by atoms with van der Waals surface area (Å²) in [6.07, 6.45) is 1.79. The summed E-state index contributed by atoms with van der Waals surface area (Å²) in [6, 6.07) is 22.7. The SMILES string of the molecule is N#CC(=Cc1ccc(OCc2ccc(Cl)cc2Cl)cc1)c1nc2ccccc2[nH]1. The molecule has 0 aliphatic carbocycles. The summed E-state index contributed by atoms with van der Waals surface area (Å²) in [6.45, 7) is 0.341. The zero-order valence-corrected chi connectivity index (χ0v) is 16.7. The van der Waals surface area contributed by atoms with Crippen LogP contribution in [0.4, 0.5) is 0 Å². The number of para-hydroxylation sites is 2. The lowest BCUT2D eigenvalue weighted by Crippen LogP contribution is -1.96. The number of H-pyrrole nitrogens is 1. The third kappa shape index (κ3) is 4.43. The quantitative estimate of drug-likeness (QED) is 0.374. The number of allylic oxidation sites excluding steroid dienone is 1. The Bertz CT molecular complexity index is 1200. The molecule has 0 aliphatic heterocycles. The number of aromatic nitrogens is 2. The molecule has 0 radical (unpaired) electrons. The van der Waals surface area contributed by atoms with Crippen molar-refractivity contribution < 1.29 is 4.74 Å². The molecule has 6 heteroatoms. The van der Waals surface area contributed by atoms with Crippen molar-refractivity contribution in [3.63, 3.8) is 0 Å². The van der Waals surface area contributed by atoms with Gasteiger partial charge in [0.25, 0.3) is 0 Å². The van der Waals surface area contributed by atoms with E-state index in [1.807, 2.05) is 54.6 Å². The summed E-state index contributed by atoms with van der Waals surface area (Å²) >= 11 is 12.1. The normalized spacial score (nSPS) is 11.4. The van der Waals surface area contributed by atoms with Crippen LogP contribution in [0.3, 0.4) is 0 Å². The van der Waals surface area contributed by atoms with E-state index in [2.05, 4.69) is 16.0 Å². The smallest absolute Gasteiger partial charge is 0.149 e. The molecule has 1 aromatic heterocycles. The lowest BCUT2D eigenvalue weighted by molar-refractivity contribution is 0.306. The summed E-state index contributed by atoms with van der Waals surface area (Å²) in [5, 5.41) is 10.7. The number of hydrogen-bond donors (Lipinski definition) is 1. The Morgan fingerprint density at radius 2 is 1.86 bits per heavy atom. The number of imidazole rings is 1. The molecular formula is C23H15Cl2N3O. The molecule has 0 saturated carbocycles. The van der Waals surface area contributed by atoms with Gasteiger partial charge >= 0.3 is 0 Å². The summed E-state index contributed by atoms with van der Waals surface area (Å²) in [7, 11) is 0. The maximum absolute atomic E-state index is 9.55. The van der Waals surface area contributed by atoms with Gasteiger partial charge in [0.05, 0.1) is 16.6 Å². The highest BCUT2D eigenvalue weighted by molar-refractivity contribution is 6.35. The van der Waals surface area contributed by atoms with E-state index < -0.39 is 0 Å². The van der Waals surface area contributed by atoms with E-state index in [4.69, 9.17) is 27.9 Å². The first-order chi connectivity index (χ1) is 14.1. The zero-order valence-electron chi connectivity index (χ0n) is 15.2. The standard InChI is InChI=1S/C23H15Cl2N3O/c24-18-8-7-16(20(25)12-18)14-29-19-9-5-15(6-10-19)11-17(13-26)23-27-21-3-1-2-4-22(21)28-23/h1-12H,14H2,(H,27,28). The summed E-state index contributed by atoms with van der Waals surface area (Å²) in [5.74, 6) is 1.25. The van der Waals surface area contributed by atoms with Crippen LogP contribution in [0.5, 0.6) is 5.75 Å². The first-order valence-corrected chi connectivity index (χ1v) is 9.62. The van der Waals surface area contributed by atoms with Crippen molar-refractivity contribution in [2.45, 2.75) is 6.61 Å². The predicted octanol–water partition coefficient (Wildman–Crippen LogP) is 6.51. The maximum Gasteiger partial charge on any atom is 0.149 e. The molecule has 29 heavy (non-hydrogen) atoms. The summed E-state index contributed by atoms with van der Waals surface area (Å²) in [4.78, 5) is 7.66. The Labute approximate surface area is 178 Å². The predicted molar refractivity (Wildman–Crippen MR) is 117 cm³/mol. The molecule has 0 fully saturated rings. The fourth-order valence-corrected chi connectivity index (χ4v) is 3.32. The molecule has 0 unspecified atom stereocenters. The number of benzene rings is 3. The number of aromatic amines is 1. The van der Waals surface area contributed by atoms with Gasteiger partial charge in [-0.2, -0.15) is 5.26 Å². The van der Waals surface area contributed by atoms with Crippen LogP contribution in [0.25, 0.3) is 22.7 Å². The first kappa shape index (κ1) is 19.1. The number of fused-ring (bicyclic) bond motifs is 1. The lowest BCUT2D eigenvalue weighted by Gasteiger charge is -2.08. The molecule has 4 rings (SSSR count). The van der Waals surface area contributed by atoms with Crippen molar-refractivity contribution >= 4 is 45.9 Å². The van der Waals surface area contributed by atoms with E-state index in [0.717, 1.165) is 22.2 Å². The number of nitrogens with one attached hydrogen (secondary N) is 1. The summed E-state index contributed by atoms with van der Waals surface area (Å²) < 4.78 is 5.79. The van der Waals surface area contributed by atoms with E-state index in [1.165, 1.54) is 0 Å². The van der Waals surface area contributed by atoms with Crippen molar-refractivity contribution in [3.05, 3.63) is 93.7 Å². The van der Waals surface area contributed by atoms with E-state index in [-0.39, 0.29) is 0 Å². The zero-order chi connectivity index (χ0) is 20.2. The third-order valence-corrected chi connectivity index (χ3v) is 4.95. The lowest BCUT2D eigenvalue weighted by atomic mass is 10.1. The number of halogens is 2. The second-order valence-corrected chi connectivity index (χ2v) is 7.21. The maximum atomic E-state index is 9.55. The first-order valence-electron chi connectivity index (χ1n) is 8.86. The van der Waals surface area contributed by atoms with E-state index >= 15 is 0 Å². The highest BCUT2D eigenvalue weighted by atomic mass is 35.5. The largest absolute Gasteiger partial charge is 0.489 e. The van der Waals surface area contributed by atoms with Gasteiger partial charge in [-0.25, -0.2) is 4.98 Å². The number of rotatable bonds is 5. The van der Waals surface area contributed by atoms with Gasteiger partial charge in [-0.15, -0.1) is 0 Å². The Morgan fingerprint density at radius 1 is 1.07 bits per heavy atom. The third-order valence-electron chi connectivity index (χ3n) is 4.37. The van der Waals surface area contributed by atoms with Crippen LogP contribution >= 0.6 is 23.2 Å². The minimum Gasteiger partial charge on any atom is -0.489 e. The molecule has 1 N–H and O–H groups in total. The van der Waals surface area contributed by atoms with Gasteiger partial charge in [-0.05, 0) is 48.0 Å². The van der Waals surface area contributed by atoms with Gasteiger partial charge in [0.1, 0.15) is 24.3 Å². The molecule has 0 atom stereocenters. The molecule has 0 spiro atoms. The van der Waals surface area contributed by atoms with Crippen molar-refractivity contribution in [1.82, 2.24) is 9.97 Å². The van der Waals surface area contributed by atoms with Gasteiger partial charge in [-0.3, -0.25) is 0 Å². The fraction of sp³-hybridized carbons (Fsp3) is 0.0435. The number of nitriles is 1. The van der Waals surface area contributed by atoms with E-state index in [1.54, 1.807) is 18.2 Å². The van der Waals surface area contributed by atoms with Crippen LogP contribution < -0.4 is 4.74 Å². The van der Waals surface area contributed by atoms with Crippen LogP contribution in [-0.2, 0) is 6.61 Å². The molecule has 0 saturated heterocycles. The van der Waals surface area contributed by atoms with Crippen molar-refractivity contribution in [3.8, 4) is 11.8 Å². The molecule has 4 nitrogen and oxygen atoms in total. The number of ether oxygens (including phenoxy) is 1. The molecule has 142 valence electrons. The van der Waals surface area contributed by atoms with Crippen LogP contribution in [0.15, 0.2) is 66.7 Å². The second kappa shape index (κ2) is 8.40. The second-order valence-electron chi connectivity index (χ2n) is 6.37. The molecular weight excluding hydrogens is 405 g/mol. The number of nitrogens with zero attached hydrogens (tertiary/aromatic N) is 2. The Kier molecular flexibility index (Phi) is 5.53. The van der Waals surface area contributed by atoms with Gasteiger partial charge in [0.2, 0.25) is 0 Å². The van der Waals surface area contributed by atoms with Crippen LogP contribution in [0, 0.1) is 11.3 Å². The fourth-order valence-electron chi connectivity index (χ4n) is 2.86. The molecule has 4 aromatic rings.